The molecule has 0 aromatic carbocycles. The molecule has 0 unspecified atom stereocenters. The van der Waals surface area contributed by atoms with E-state index in [4.69, 9.17) is 0 Å². The molecule has 1 aromatic rings. The van der Waals surface area contributed by atoms with E-state index in [9.17, 15) is 13.2 Å². The van der Waals surface area contributed by atoms with Crippen LogP contribution in [0.5, 0.6) is 0 Å². The highest BCUT2D eigenvalue weighted by Gasteiger charge is 2.40. The second kappa shape index (κ2) is 9.12. The fourth-order valence-electron chi connectivity index (χ4n) is 4.10. The quantitative estimate of drug-likeness (QED) is 0.834. The molecular formula is C19H30N4O3S. The van der Waals surface area contributed by atoms with Crippen molar-refractivity contribution >= 4 is 15.9 Å². The number of hydrogen-bond donors (Lipinski definition) is 1. The lowest BCUT2D eigenvalue weighted by Crippen LogP contribution is -2.57. The van der Waals surface area contributed by atoms with E-state index in [1.807, 2.05) is 12.1 Å². The highest BCUT2D eigenvalue weighted by Crippen LogP contribution is 2.27. The number of rotatable bonds is 3. The number of nitrogens with one attached hydrogen (secondary N) is 1. The van der Waals surface area contributed by atoms with E-state index in [-0.39, 0.29) is 17.9 Å². The van der Waals surface area contributed by atoms with Crippen LogP contribution in [0.15, 0.2) is 24.5 Å². The molecule has 0 bridgehead atoms. The van der Waals surface area contributed by atoms with Crippen molar-refractivity contribution in [1.29, 1.82) is 0 Å². The van der Waals surface area contributed by atoms with Gasteiger partial charge in [0.25, 0.3) is 0 Å². The van der Waals surface area contributed by atoms with Gasteiger partial charge >= 0.3 is 0 Å². The van der Waals surface area contributed by atoms with Crippen LogP contribution < -0.4 is 5.32 Å². The van der Waals surface area contributed by atoms with Gasteiger partial charge in [-0.1, -0.05) is 12.8 Å². The van der Waals surface area contributed by atoms with Crippen molar-refractivity contribution in [2.75, 3.05) is 32.4 Å². The van der Waals surface area contributed by atoms with Gasteiger partial charge in [-0.25, -0.2) is 12.7 Å². The van der Waals surface area contributed by atoms with Crippen molar-refractivity contribution in [3.8, 4) is 0 Å². The molecule has 8 heteroatoms. The van der Waals surface area contributed by atoms with Gasteiger partial charge in [0.15, 0.2) is 0 Å². The Balaban J connectivity index is 1.87. The van der Waals surface area contributed by atoms with Crippen molar-refractivity contribution in [1.82, 2.24) is 19.5 Å². The summed E-state index contributed by atoms with van der Waals surface area (Å²) in [5.74, 6) is -0.113. The smallest absolute Gasteiger partial charge is 0.224 e. The Labute approximate surface area is 162 Å². The number of fused-ring (bicyclic) bond motifs is 1. The molecule has 0 radical (unpaired) electrons. The number of amides is 1. The zero-order valence-corrected chi connectivity index (χ0v) is 16.8. The Bertz CT molecular complexity index is 726. The Hall–Kier alpha value is -1.51. The maximum Gasteiger partial charge on any atom is 0.224 e. The van der Waals surface area contributed by atoms with Gasteiger partial charge in [-0.05, 0) is 43.5 Å². The Kier molecular flexibility index (Phi) is 6.83. The first-order valence-electron chi connectivity index (χ1n) is 9.81. The molecule has 0 spiro atoms. The fourth-order valence-corrected chi connectivity index (χ4v) is 4.96. The maximum atomic E-state index is 12.8. The minimum atomic E-state index is -3.27. The number of carbonyl (C=O) groups is 1. The summed E-state index contributed by atoms with van der Waals surface area (Å²) in [4.78, 5) is 19.2. The minimum Gasteiger partial charge on any atom is -0.356 e. The van der Waals surface area contributed by atoms with Crippen molar-refractivity contribution in [3.05, 3.63) is 30.1 Å². The van der Waals surface area contributed by atoms with Crippen LogP contribution in [0, 0.1) is 5.92 Å². The average molecular weight is 395 g/mol. The molecule has 1 N–H and O–H groups in total. The van der Waals surface area contributed by atoms with E-state index in [2.05, 4.69) is 15.2 Å². The fraction of sp³-hybridized carbons (Fsp3) is 0.684. The van der Waals surface area contributed by atoms with Crippen LogP contribution in [-0.2, 0) is 21.4 Å². The highest BCUT2D eigenvalue weighted by molar-refractivity contribution is 7.88. The van der Waals surface area contributed by atoms with Crippen molar-refractivity contribution in [3.63, 3.8) is 0 Å². The lowest BCUT2D eigenvalue weighted by atomic mass is 9.90. The number of carbonyl (C=O) groups excluding carboxylic acids is 1. The van der Waals surface area contributed by atoms with Crippen LogP contribution in [0.2, 0.25) is 0 Å². The van der Waals surface area contributed by atoms with Crippen LogP contribution in [0.3, 0.4) is 0 Å². The van der Waals surface area contributed by atoms with Crippen LogP contribution in [-0.4, -0.2) is 67.0 Å². The van der Waals surface area contributed by atoms with Crippen LogP contribution in [0.1, 0.15) is 37.7 Å². The van der Waals surface area contributed by atoms with E-state index in [0.717, 1.165) is 37.8 Å². The summed E-state index contributed by atoms with van der Waals surface area (Å²) in [6.07, 6.45) is 9.65. The van der Waals surface area contributed by atoms with Crippen molar-refractivity contribution in [2.24, 2.45) is 5.92 Å². The van der Waals surface area contributed by atoms with E-state index in [1.54, 1.807) is 12.4 Å². The van der Waals surface area contributed by atoms with E-state index < -0.39 is 10.0 Å². The Morgan fingerprint density at radius 3 is 2.63 bits per heavy atom. The number of sulfonamides is 1. The molecule has 1 aromatic heterocycles. The molecule has 0 aliphatic carbocycles. The lowest BCUT2D eigenvalue weighted by molar-refractivity contribution is -0.129. The van der Waals surface area contributed by atoms with Crippen molar-refractivity contribution in [2.45, 2.75) is 44.7 Å². The topological polar surface area (TPSA) is 82.6 Å². The zero-order valence-electron chi connectivity index (χ0n) is 16.0. The summed E-state index contributed by atoms with van der Waals surface area (Å²) in [7, 11) is -3.27. The Morgan fingerprint density at radius 2 is 1.89 bits per heavy atom. The summed E-state index contributed by atoms with van der Waals surface area (Å²) < 4.78 is 25.8. The summed E-state index contributed by atoms with van der Waals surface area (Å²) in [5, 5.41) is 3.07. The van der Waals surface area contributed by atoms with Gasteiger partial charge in [0.1, 0.15) is 0 Å². The first-order valence-corrected chi connectivity index (χ1v) is 11.7. The summed E-state index contributed by atoms with van der Waals surface area (Å²) >= 11 is 0. The van der Waals surface area contributed by atoms with E-state index in [0.29, 0.717) is 32.6 Å². The average Bonchev–Trinajstić information content (AvgIpc) is 2.68. The predicted octanol–water partition coefficient (Wildman–Crippen LogP) is 1.22. The first-order chi connectivity index (χ1) is 12.9. The summed E-state index contributed by atoms with van der Waals surface area (Å²) in [6.45, 7) is 3.07. The van der Waals surface area contributed by atoms with Gasteiger partial charge in [0.2, 0.25) is 15.9 Å². The monoisotopic (exact) mass is 394 g/mol. The number of piperidine rings is 1. The van der Waals surface area contributed by atoms with Crippen LogP contribution in [0.25, 0.3) is 0 Å². The first kappa shape index (κ1) is 20.2. The van der Waals surface area contributed by atoms with Crippen LogP contribution in [0.4, 0.5) is 0 Å². The number of nitrogens with zero attached hydrogens (tertiary/aromatic N) is 3. The minimum absolute atomic E-state index is 0.0646. The molecule has 3 rings (SSSR count). The third-order valence-electron chi connectivity index (χ3n) is 5.63. The summed E-state index contributed by atoms with van der Waals surface area (Å²) in [5.41, 5.74) is 1.13. The molecule has 2 aliphatic heterocycles. The second-order valence-corrected chi connectivity index (χ2v) is 9.60. The van der Waals surface area contributed by atoms with Crippen LogP contribution >= 0.6 is 0 Å². The standard InChI is InChI=1S/C19H30N4O3S/c1-27(25,26)23-13-8-17-18(15-23)22(14-16-6-10-20-11-7-16)12-5-3-2-4-9-21-19(17)24/h6-7,10-11,17-18H,2-5,8-9,12-15H2,1H3,(H,21,24)/t17-,18+/m0/s1. The second-order valence-electron chi connectivity index (χ2n) is 7.61. The third kappa shape index (κ3) is 5.49. The zero-order chi connectivity index (χ0) is 19.3. The van der Waals surface area contributed by atoms with E-state index >= 15 is 0 Å². The Morgan fingerprint density at radius 1 is 1.15 bits per heavy atom. The van der Waals surface area contributed by atoms with Gasteiger partial charge in [0.05, 0.1) is 12.2 Å². The molecule has 7 nitrogen and oxygen atoms in total. The number of aromatic nitrogens is 1. The van der Waals surface area contributed by atoms with Gasteiger partial charge < -0.3 is 5.32 Å². The highest BCUT2D eigenvalue weighted by atomic mass is 32.2. The molecule has 1 amide bonds. The SMILES string of the molecule is CS(=O)(=O)N1CC[C@@H]2C(=O)NCCCCCCN(Cc3ccncc3)[C@@H]2C1. The molecule has 0 saturated carbocycles. The lowest BCUT2D eigenvalue weighted by Gasteiger charge is -2.42. The molecule has 150 valence electrons. The largest absolute Gasteiger partial charge is 0.356 e. The van der Waals surface area contributed by atoms with Gasteiger partial charge in [-0.15, -0.1) is 0 Å². The molecular weight excluding hydrogens is 364 g/mol. The van der Waals surface area contributed by atoms with Gasteiger partial charge in [0, 0.05) is 44.6 Å². The van der Waals surface area contributed by atoms with E-state index in [1.165, 1.54) is 10.6 Å². The molecule has 2 fully saturated rings. The molecule has 27 heavy (non-hydrogen) atoms. The van der Waals surface area contributed by atoms with Crippen molar-refractivity contribution < 1.29 is 13.2 Å². The molecule has 2 aliphatic rings. The summed E-state index contributed by atoms with van der Waals surface area (Å²) in [6, 6.07) is 3.86. The van der Waals surface area contributed by atoms with Gasteiger partial charge in [-0.3, -0.25) is 14.7 Å². The molecule has 2 atom stereocenters. The molecule has 3 heterocycles. The van der Waals surface area contributed by atoms with Gasteiger partial charge in [-0.2, -0.15) is 0 Å². The maximum absolute atomic E-state index is 12.8. The molecule has 2 saturated heterocycles. The number of pyridine rings is 1. The predicted molar refractivity (Wildman–Crippen MR) is 104 cm³/mol. The third-order valence-corrected chi connectivity index (χ3v) is 6.90. The normalized spacial score (nSPS) is 26.6. The number of hydrogen-bond acceptors (Lipinski definition) is 5.